The highest BCUT2D eigenvalue weighted by Gasteiger charge is 2.26. The highest BCUT2D eigenvalue weighted by molar-refractivity contribution is 6.46. The average Bonchev–Trinajstić information content (AvgIpc) is 2.78. The molecule has 0 bridgehead atoms. The number of carbonyl (C=O) groups excluding carboxylic acids is 1. The van der Waals surface area contributed by atoms with Gasteiger partial charge in [-0.15, -0.1) is 0 Å². The zero-order chi connectivity index (χ0) is 12.3. The number of ketones is 1. The van der Waals surface area contributed by atoms with Gasteiger partial charge in [0.05, 0.1) is 6.42 Å². The highest BCUT2D eigenvalue weighted by atomic mass is 35.5. The van der Waals surface area contributed by atoms with Gasteiger partial charge in [-0.3, -0.25) is 4.79 Å². The minimum Gasteiger partial charge on any atom is -0.363 e. The van der Waals surface area contributed by atoms with Gasteiger partial charge in [0.15, 0.2) is 0 Å². The van der Waals surface area contributed by atoms with Crippen LogP contribution in [-0.2, 0) is 9.57 Å². The lowest BCUT2D eigenvalue weighted by atomic mass is 10.1. The molecule has 0 saturated heterocycles. The summed E-state index contributed by atoms with van der Waals surface area (Å²) in [6, 6.07) is 6.68. The van der Waals surface area contributed by atoms with Gasteiger partial charge < -0.3 is 9.57 Å². The number of hydrogen-bond donors (Lipinski definition) is 0. The number of carbonyl (C=O) groups is 1. The molecule has 1 aliphatic heterocycles. The van der Waals surface area contributed by atoms with Crippen LogP contribution >= 0.6 is 11.6 Å². The largest absolute Gasteiger partial charge is 0.363 e. The number of Topliss-reactive ketones (excluding diaryl/α,β-unsaturated/α-hetero) is 1. The van der Waals surface area contributed by atoms with Crippen molar-refractivity contribution in [3.8, 4) is 0 Å². The number of oxime groups is 1. The standard InChI is InChI=1S/C12H12ClNO3/c1-2-16-11-7-10(14-17-11)12(15)8-3-5-9(13)6-4-8/h3-6,11H,2,7H2,1H3. The predicted octanol–water partition coefficient (Wildman–Crippen LogP) is 2.66. The lowest BCUT2D eigenvalue weighted by molar-refractivity contribution is -0.120. The molecular weight excluding hydrogens is 242 g/mol. The van der Waals surface area contributed by atoms with E-state index in [-0.39, 0.29) is 5.78 Å². The zero-order valence-electron chi connectivity index (χ0n) is 9.35. The maximum absolute atomic E-state index is 12.0. The van der Waals surface area contributed by atoms with E-state index < -0.39 is 6.29 Å². The van der Waals surface area contributed by atoms with E-state index in [9.17, 15) is 4.79 Å². The fraction of sp³-hybridized carbons (Fsp3) is 0.333. The van der Waals surface area contributed by atoms with E-state index in [1.54, 1.807) is 24.3 Å². The fourth-order valence-corrected chi connectivity index (χ4v) is 1.66. The molecule has 1 heterocycles. The number of halogens is 1. The molecule has 4 nitrogen and oxygen atoms in total. The summed E-state index contributed by atoms with van der Waals surface area (Å²) < 4.78 is 5.23. The van der Waals surface area contributed by atoms with Crippen LogP contribution in [0.1, 0.15) is 23.7 Å². The van der Waals surface area contributed by atoms with Gasteiger partial charge in [0.2, 0.25) is 12.1 Å². The van der Waals surface area contributed by atoms with Crippen LogP contribution in [0.4, 0.5) is 0 Å². The molecule has 2 rings (SSSR count). The summed E-state index contributed by atoms with van der Waals surface area (Å²) in [5, 5.41) is 4.34. The minimum absolute atomic E-state index is 0.149. The van der Waals surface area contributed by atoms with Crippen LogP contribution in [0.25, 0.3) is 0 Å². The first kappa shape index (κ1) is 12.1. The molecule has 0 radical (unpaired) electrons. The van der Waals surface area contributed by atoms with Crippen LogP contribution in [0, 0.1) is 0 Å². The molecule has 90 valence electrons. The van der Waals surface area contributed by atoms with Gasteiger partial charge in [-0.25, -0.2) is 0 Å². The molecule has 0 amide bonds. The first-order valence-corrected chi connectivity index (χ1v) is 5.73. The zero-order valence-corrected chi connectivity index (χ0v) is 10.1. The van der Waals surface area contributed by atoms with Crippen molar-refractivity contribution < 1.29 is 14.4 Å². The van der Waals surface area contributed by atoms with E-state index in [1.807, 2.05) is 6.92 Å². The maximum Gasteiger partial charge on any atom is 0.232 e. The molecule has 5 heteroatoms. The van der Waals surface area contributed by atoms with Crippen LogP contribution in [0.15, 0.2) is 29.4 Å². The third kappa shape index (κ3) is 2.84. The minimum atomic E-state index is -0.439. The first-order chi connectivity index (χ1) is 8.20. The molecular formula is C12H12ClNO3. The van der Waals surface area contributed by atoms with Crippen molar-refractivity contribution in [2.24, 2.45) is 5.16 Å². The van der Waals surface area contributed by atoms with Crippen molar-refractivity contribution in [3.63, 3.8) is 0 Å². The average molecular weight is 254 g/mol. The monoisotopic (exact) mass is 253 g/mol. The van der Waals surface area contributed by atoms with Crippen molar-refractivity contribution in [1.29, 1.82) is 0 Å². The van der Waals surface area contributed by atoms with Crippen LogP contribution < -0.4 is 0 Å². The van der Waals surface area contributed by atoms with Crippen molar-refractivity contribution in [2.75, 3.05) is 6.61 Å². The highest BCUT2D eigenvalue weighted by Crippen LogP contribution is 2.16. The second-order valence-corrected chi connectivity index (χ2v) is 4.00. The second-order valence-electron chi connectivity index (χ2n) is 3.57. The van der Waals surface area contributed by atoms with Gasteiger partial charge in [-0.05, 0) is 31.2 Å². The molecule has 0 aliphatic carbocycles. The van der Waals surface area contributed by atoms with Gasteiger partial charge in [0.1, 0.15) is 5.71 Å². The molecule has 1 aromatic carbocycles. The summed E-state index contributed by atoms with van der Waals surface area (Å²) in [4.78, 5) is 17.0. The number of rotatable bonds is 4. The van der Waals surface area contributed by atoms with Crippen LogP contribution in [-0.4, -0.2) is 24.4 Å². The van der Waals surface area contributed by atoms with Gasteiger partial charge >= 0.3 is 0 Å². The van der Waals surface area contributed by atoms with E-state index >= 15 is 0 Å². The van der Waals surface area contributed by atoms with Gasteiger partial charge in [0, 0.05) is 17.2 Å². The third-order valence-corrected chi connectivity index (χ3v) is 2.61. The lowest BCUT2D eigenvalue weighted by Crippen LogP contribution is -2.17. The molecule has 1 atom stereocenters. The van der Waals surface area contributed by atoms with Crippen molar-refractivity contribution in [3.05, 3.63) is 34.9 Å². The Hall–Kier alpha value is -1.39. The summed E-state index contributed by atoms with van der Waals surface area (Å²) in [6.07, 6.45) is -0.0544. The molecule has 0 saturated carbocycles. The molecule has 0 N–H and O–H groups in total. The lowest BCUT2D eigenvalue weighted by Gasteiger charge is -2.06. The Morgan fingerprint density at radius 3 is 2.88 bits per heavy atom. The number of nitrogens with zero attached hydrogens (tertiary/aromatic N) is 1. The van der Waals surface area contributed by atoms with Crippen molar-refractivity contribution in [2.45, 2.75) is 19.6 Å². The Balaban J connectivity index is 2.04. The topological polar surface area (TPSA) is 47.9 Å². The summed E-state index contributed by atoms with van der Waals surface area (Å²) in [6.45, 7) is 2.39. The van der Waals surface area contributed by atoms with Gasteiger partial charge in [0.25, 0.3) is 0 Å². The van der Waals surface area contributed by atoms with E-state index in [2.05, 4.69) is 5.16 Å². The number of ether oxygens (including phenoxy) is 1. The molecule has 1 aliphatic rings. The predicted molar refractivity (Wildman–Crippen MR) is 64.3 cm³/mol. The molecule has 17 heavy (non-hydrogen) atoms. The van der Waals surface area contributed by atoms with Gasteiger partial charge in [-0.1, -0.05) is 16.8 Å². The third-order valence-electron chi connectivity index (χ3n) is 2.36. The maximum atomic E-state index is 12.0. The summed E-state index contributed by atoms with van der Waals surface area (Å²) in [5.41, 5.74) is 0.930. The van der Waals surface area contributed by atoms with E-state index in [0.717, 1.165) is 0 Å². The van der Waals surface area contributed by atoms with E-state index in [1.165, 1.54) is 0 Å². The normalized spacial score (nSPS) is 18.7. The molecule has 0 aromatic heterocycles. The summed E-state index contributed by atoms with van der Waals surface area (Å²) in [7, 11) is 0. The van der Waals surface area contributed by atoms with Crippen LogP contribution in [0.3, 0.4) is 0 Å². The Morgan fingerprint density at radius 2 is 2.24 bits per heavy atom. The van der Waals surface area contributed by atoms with Crippen LogP contribution in [0.2, 0.25) is 5.02 Å². The number of benzene rings is 1. The smallest absolute Gasteiger partial charge is 0.232 e. The Morgan fingerprint density at radius 1 is 1.53 bits per heavy atom. The SMILES string of the molecule is CCOC1CC(C(=O)c2ccc(Cl)cc2)=NO1. The Labute approximate surface area is 104 Å². The van der Waals surface area contributed by atoms with Crippen LogP contribution in [0.5, 0.6) is 0 Å². The van der Waals surface area contributed by atoms with Crippen molar-refractivity contribution >= 4 is 23.1 Å². The van der Waals surface area contributed by atoms with Gasteiger partial charge in [-0.2, -0.15) is 0 Å². The van der Waals surface area contributed by atoms with E-state index in [0.29, 0.717) is 29.3 Å². The summed E-state index contributed by atoms with van der Waals surface area (Å²) in [5.74, 6) is -0.149. The Bertz CT molecular complexity index is 442. The summed E-state index contributed by atoms with van der Waals surface area (Å²) >= 11 is 5.75. The first-order valence-electron chi connectivity index (χ1n) is 5.35. The molecule has 0 spiro atoms. The fourth-order valence-electron chi connectivity index (χ4n) is 1.53. The van der Waals surface area contributed by atoms with E-state index in [4.69, 9.17) is 21.2 Å². The second kappa shape index (κ2) is 5.29. The van der Waals surface area contributed by atoms with Crippen molar-refractivity contribution in [1.82, 2.24) is 0 Å². The molecule has 1 unspecified atom stereocenters. The molecule has 1 aromatic rings. The number of hydrogen-bond acceptors (Lipinski definition) is 4. The quantitative estimate of drug-likeness (QED) is 0.775. The molecule has 0 fully saturated rings. The Kier molecular flexibility index (Phi) is 3.76.